The SMILES string of the molecule is C#CCNC1(C(=O)OCC)CCCC(C)(C)CC1. The molecule has 0 aliphatic heterocycles. The molecule has 1 saturated carbocycles. The number of ether oxygens (including phenoxy) is 1. The Balaban J connectivity index is 2.83. The molecule has 18 heavy (non-hydrogen) atoms. The third kappa shape index (κ3) is 3.74. The minimum atomic E-state index is -0.573. The van der Waals surface area contributed by atoms with Gasteiger partial charge in [0.05, 0.1) is 13.2 Å². The van der Waals surface area contributed by atoms with Gasteiger partial charge in [0.1, 0.15) is 5.54 Å². The molecule has 0 aromatic heterocycles. The number of carbonyl (C=O) groups excluding carboxylic acids is 1. The molecule has 0 saturated heterocycles. The van der Waals surface area contributed by atoms with E-state index in [0.717, 1.165) is 32.1 Å². The fraction of sp³-hybridized carbons (Fsp3) is 0.800. The molecular formula is C15H25NO2. The Labute approximate surface area is 111 Å². The summed E-state index contributed by atoms with van der Waals surface area (Å²) in [5.74, 6) is 2.42. The van der Waals surface area contributed by atoms with Gasteiger partial charge in [0, 0.05) is 0 Å². The van der Waals surface area contributed by atoms with Crippen LogP contribution in [-0.2, 0) is 9.53 Å². The second-order valence-electron chi connectivity index (χ2n) is 5.88. The van der Waals surface area contributed by atoms with Gasteiger partial charge in [-0.05, 0) is 38.0 Å². The van der Waals surface area contributed by atoms with Crippen molar-refractivity contribution in [2.45, 2.75) is 58.4 Å². The normalized spacial score (nSPS) is 27.0. The van der Waals surface area contributed by atoms with Crippen LogP contribution in [-0.4, -0.2) is 24.7 Å². The van der Waals surface area contributed by atoms with Crippen molar-refractivity contribution in [1.29, 1.82) is 0 Å². The second-order valence-corrected chi connectivity index (χ2v) is 5.88. The molecule has 0 aromatic rings. The maximum Gasteiger partial charge on any atom is 0.326 e. The summed E-state index contributed by atoms with van der Waals surface area (Å²) in [6.07, 6.45) is 10.1. The Morgan fingerprint density at radius 1 is 1.33 bits per heavy atom. The van der Waals surface area contributed by atoms with E-state index in [1.807, 2.05) is 6.92 Å². The van der Waals surface area contributed by atoms with Gasteiger partial charge in [-0.1, -0.05) is 26.2 Å². The van der Waals surface area contributed by atoms with E-state index in [2.05, 4.69) is 25.1 Å². The topological polar surface area (TPSA) is 38.3 Å². The fourth-order valence-electron chi connectivity index (χ4n) is 2.61. The lowest BCUT2D eigenvalue weighted by molar-refractivity contribution is -0.151. The summed E-state index contributed by atoms with van der Waals surface area (Å²) in [6.45, 7) is 7.19. The lowest BCUT2D eigenvalue weighted by Crippen LogP contribution is -2.53. The number of nitrogens with one attached hydrogen (secondary N) is 1. The highest BCUT2D eigenvalue weighted by Gasteiger charge is 2.42. The molecule has 1 aliphatic carbocycles. The zero-order valence-corrected chi connectivity index (χ0v) is 11.8. The summed E-state index contributed by atoms with van der Waals surface area (Å²) in [4.78, 5) is 12.2. The van der Waals surface area contributed by atoms with Crippen LogP contribution in [0.3, 0.4) is 0 Å². The second kappa shape index (κ2) is 6.24. The predicted octanol–water partition coefficient (Wildman–Crippen LogP) is 2.50. The molecule has 1 rings (SSSR count). The third-order valence-corrected chi connectivity index (χ3v) is 3.88. The Morgan fingerprint density at radius 2 is 2.06 bits per heavy atom. The molecule has 3 nitrogen and oxygen atoms in total. The predicted molar refractivity (Wildman–Crippen MR) is 73.1 cm³/mol. The number of rotatable bonds is 4. The Morgan fingerprint density at radius 3 is 2.67 bits per heavy atom. The first-order valence-electron chi connectivity index (χ1n) is 6.81. The van der Waals surface area contributed by atoms with Crippen molar-refractivity contribution < 1.29 is 9.53 Å². The summed E-state index contributed by atoms with van der Waals surface area (Å²) < 4.78 is 5.24. The third-order valence-electron chi connectivity index (χ3n) is 3.88. The molecule has 0 amide bonds. The molecule has 1 N–H and O–H groups in total. The Bertz CT molecular complexity index is 330. The van der Waals surface area contributed by atoms with Gasteiger partial charge in [-0.15, -0.1) is 6.42 Å². The number of esters is 1. The fourth-order valence-corrected chi connectivity index (χ4v) is 2.61. The molecule has 1 fully saturated rings. The van der Waals surface area contributed by atoms with Gasteiger partial charge < -0.3 is 4.74 Å². The van der Waals surface area contributed by atoms with Crippen LogP contribution < -0.4 is 5.32 Å². The van der Waals surface area contributed by atoms with Crippen LogP contribution in [0, 0.1) is 17.8 Å². The summed E-state index contributed by atoms with van der Waals surface area (Å²) in [5.41, 5.74) is -0.276. The van der Waals surface area contributed by atoms with E-state index in [4.69, 9.17) is 11.2 Å². The van der Waals surface area contributed by atoms with E-state index < -0.39 is 5.54 Å². The number of hydrogen-bond donors (Lipinski definition) is 1. The van der Waals surface area contributed by atoms with Gasteiger partial charge >= 0.3 is 5.97 Å². The highest BCUT2D eigenvalue weighted by Crippen LogP contribution is 2.38. The smallest absolute Gasteiger partial charge is 0.326 e. The zero-order valence-electron chi connectivity index (χ0n) is 11.8. The van der Waals surface area contributed by atoms with Crippen LogP contribution in [0.25, 0.3) is 0 Å². The molecule has 0 heterocycles. The number of terminal acetylenes is 1. The maximum absolute atomic E-state index is 12.2. The van der Waals surface area contributed by atoms with E-state index in [1.54, 1.807) is 0 Å². The van der Waals surface area contributed by atoms with E-state index in [0.29, 0.717) is 18.6 Å². The van der Waals surface area contributed by atoms with Crippen molar-refractivity contribution in [2.75, 3.05) is 13.2 Å². The first-order chi connectivity index (χ1) is 8.46. The lowest BCUT2D eigenvalue weighted by Gasteiger charge is -2.31. The quantitative estimate of drug-likeness (QED) is 0.474. The number of hydrogen-bond acceptors (Lipinski definition) is 3. The van der Waals surface area contributed by atoms with Crippen molar-refractivity contribution >= 4 is 5.97 Å². The van der Waals surface area contributed by atoms with Gasteiger partial charge in [0.15, 0.2) is 0 Å². The highest BCUT2D eigenvalue weighted by atomic mass is 16.5. The van der Waals surface area contributed by atoms with Crippen LogP contribution in [0.4, 0.5) is 0 Å². The van der Waals surface area contributed by atoms with Crippen molar-refractivity contribution in [3.63, 3.8) is 0 Å². The van der Waals surface area contributed by atoms with Crippen LogP contribution >= 0.6 is 0 Å². The average Bonchev–Trinajstić information content (AvgIpc) is 2.47. The summed E-state index contributed by atoms with van der Waals surface area (Å²) in [6, 6.07) is 0. The van der Waals surface area contributed by atoms with Gasteiger partial charge in [-0.3, -0.25) is 10.1 Å². The van der Waals surface area contributed by atoms with Crippen molar-refractivity contribution in [1.82, 2.24) is 5.32 Å². The lowest BCUT2D eigenvalue weighted by atomic mass is 9.83. The largest absolute Gasteiger partial charge is 0.465 e. The molecule has 0 radical (unpaired) electrons. The summed E-state index contributed by atoms with van der Waals surface area (Å²) >= 11 is 0. The molecule has 1 aliphatic rings. The van der Waals surface area contributed by atoms with Crippen LogP contribution in [0.1, 0.15) is 52.9 Å². The molecular weight excluding hydrogens is 226 g/mol. The number of carbonyl (C=O) groups is 1. The molecule has 0 aromatic carbocycles. The molecule has 1 unspecified atom stereocenters. The molecule has 0 spiro atoms. The summed E-state index contributed by atoms with van der Waals surface area (Å²) in [5, 5.41) is 3.24. The minimum absolute atomic E-state index is 0.141. The average molecular weight is 251 g/mol. The van der Waals surface area contributed by atoms with Crippen molar-refractivity contribution in [3.05, 3.63) is 0 Å². The van der Waals surface area contributed by atoms with Crippen LogP contribution in [0.5, 0.6) is 0 Å². The minimum Gasteiger partial charge on any atom is -0.465 e. The first kappa shape index (κ1) is 15.0. The van der Waals surface area contributed by atoms with Crippen LogP contribution in [0.15, 0.2) is 0 Å². The van der Waals surface area contributed by atoms with Crippen LogP contribution in [0.2, 0.25) is 0 Å². The van der Waals surface area contributed by atoms with Crippen molar-refractivity contribution in [3.8, 4) is 12.3 Å². The Hall–Kier alpha value is -1.01. The van der Waals surface area contributed by atoms with Gasteiger partial charge in [0.2, 0.25) is 0 Å². The van der Waals surface area contributed by atoms with Gasteiger partial charge in [-0.2, -0.15) is 0 Å². The molecule has 1 atom stereocenters. The first-order valence-corrected chi connectivity index (χ1v) is 6.81. The molecule has 3 heteroatoms. The monoisotopic (exact) mass is 251 g/mol. The van der Waals surface area contributed by atoms with E-state index in [9.17, 15) is 4.79 Å². The Kier molecular flexibility index (Phi) is 5.22. The molecule has 102 valence electrons. The van der Waals surface area contributed by atoms with Gasteiger partial charge in [0.25, 0.3) is 0 Å². The standard InChI is InChI=1S/C15H25NO2/c1-5-12-16-15(13(17)18-6-2)9-7-8-14(3,4)10-11-15/h1,16H,6-12H2,2-4H3. The maximum atomic E-state index is 12.2. The van der Waals surface area contributed by atoms with E-state index >= 15 is 0 Å². The highest BCUT2D eigenvalue weighted by molar-refractivity contribution is 5.81. The van der Waals surface area contributed by atoms with Crippen molar-refractivity contribution in [2.24, 2.45) is 5.41 Å². The zero-order chi connectivity index (χ0) is 13.6. The molecule has 0 bridgehead atoms. The van der Waals surface area contributed by atoms with Gasteiger partial charge in [-0.25, -0.2) is 0 Å². The van der Waals surface area contributed by atoms with E-state index in [-0.39, 0.29) is 5.97 Å². The van der Waals surface area contributed by atoms with E-state index in [1.165, 1.54) is 0 Å². The summed E-state index contributed by atoms with van der Waals surface area (Å²) in [7, 11) is 0.